The number of hydrogen-bond donors (Lipinski definition) is 1. The highest BCUT2D eigenvalue weighted by Crippen LogP contribution is 2.28. The third kappa shape index (κ3) is 5.45. The van der Waals surface area contributed by atoms with Crippen LogP contribution in [-0.2, 0) is 34.1 Å². The van der Waals surface area contributed by atoms with Gasteiger partial charge in [-0.25, -0.2) is 8.42 Å². The lowest BCUT2D eigenvalue weighted by Crippen LogP contribution is -2.39. The lowest BCUT2D eigenvalue weighted by molar-refractivity contribution is -0.114. The predicted octanol–water partition coefficient (Wildman–Crippen LogP) is 5.52. The number of rotatable bonds is 9. The Morgan fingerprint density at radius 2 is 1.33 bits per heavy atom. The molecule has 0 spiro atoms. The van der Waals surface area contributed by atoms with E-state index in [2.05, 4.69) is 5.32 Å². The third-order valence-electron chi connectivity index (χ3n) is 5.80. The summed E-state index contributed by atoms with van der Waals surface area (Å²) in [4.78, 5) is 13.4. The minimum Gasteiger partial charge on any atom is -0.324 e. The molecule has 0 radical (unpaired) electrons. The van der Waals surface area contributed by atoms with Crippen molar-refractivity contribution in [2.45, 2.75) is 51.9 Å². The summed E-state index contributed by atoms with van der Waals surface area (Å²) in [5.41, 5.74) is 5.20. The molecular weight excluding hydrogens is 432 g/mol. The highest BCUT2D eigenvalue weighted by Gasteiger charge is 2.29. The molecule has 5 nitrogen and oxygen atoms in total. The number of carbonyl (C=O) groups excluding carboxylic acids is 1. The Kier molecular flexibility index (Phi) is 7.92. The fourth-order valence-corrected chi connectivity index (χ4v) is 5.36. The highest BCUT2D eigenvalue weighted by molar-refractivity contribution is 7.92. The van der Waals surface area contributed by atoms with Crippen molar-refractivity contribution in [1.29, 1.82) is 0 Å². The van der Waals surface area contributed by atoms with Crippen LogP contribution >= 0.6 is 0 Å². The largest absolute Gasteiger partial charge is 0.324 e. The van der Waals surface area contributed by atoms with Crippen molar-refractivity contribution in [2.24, 2.45) is 0 Å². The molecule has 0 aliphatic carbocycles. The van der Waals surface area contributed by atoms with Crippen LogP contribution in [0.15, 0.2) is 71.6 Å². The smallest absolute Gasteiger partial charge is 0.264 e. The first-order valence-electron chi connectivity index (χ1n) is 11.4. The molecule has 0 saturated heterocycles. The van der Waals surface area contributed by atoms with Crippen LogP contribution < -0.4 is 9.62 Å². The fraction of sp³-hybridized carbons (Fsp3) is 0.296. The number of para-hydroxylation sites is 2. The molecule has 0 aromatic heterocycles. The minimum absolute atomic E-state index is 0.162. The number of sulfonamides is 1. The van der Waals surface area contributed by atoms with Gasteiger partial charge in [0.15, 0.2) is 0 Å². The maximum absolute atomic E-state index is 13.7. The van der Waals surface area contributed by atoms with Crippen LogP contribution in [0.3, 0.4) is 0 Å². The maximum Gasteiger partial charge on any atom is 0.264 e. The van der Waals surface area contributed by atoms with E-state index in [4.69, 9.17) is 0 Å². The molecule has 174 valence electrons. The predicted molar refractivity (Wildman–Crippen MR) is 135 cm³/mol. The van der Waals surface area contributed by atoms with Crippen LogP contribution in [-0.4, -0.2) is 20.9 Å². The molecule has 1 amide bonds. The van der Waals surface area contributed by atoms with Gasteiger partial charge in [0, 0.05) is 5.69 Å². The van der Waals surface area contributed by atoms with Gasteiger partial charge in [-0.2, -0.15) is 0 Å². The Balaban J connectivity index is 2.03. The average Bonchev–Trinajstić information content (AvgIpc) is 2.82. The number of nitrogens with one attached hydrogen (secondary N) is 1. The van der Waals surface area contributed by atoms with Gasteiger partial charge >= 0.3 is 0 Å². The Hall–Kier alpha value is -3.12. The van der Waals surface area contributed by atoms with Crippen molar-refractivity contribution in [1.82, 2.24) is 0 Å². The Labute approximate surface area is 197 Å². The van der Waals surface area contributed by atoms with Gasteiger partial charge in [0.05, 0.1) is 10.6 Å². The standard InChI is InChI=1S/C27H32N2O3S/c1-5-21-11-8-9-14-25(21)29(33(31,32)24-17-15-20(4)16-18-24)19-26(30)28-27-22(6-2)12-10-13-23(27)7-3/h8-18H,5-7,19H2,1-4H3,(H,28,30). The number of carbonyl (C=O) groups is 1. The van der Waals surface area contributed by atoms with E-state index in [0.717, 1.165) is 40.8 Å². The number of nitrogens with zero attached hydrogens (tertiary/aromatic N) is 1. The van der Waals surface area contributed by atoms with Gasteiger partial charge in [-0.1, -0.05) is 74.9 Å². The minimum atomic E-state index is -3.95. The summed E-state index contributed by atoms with van der Waals surface area (Å²) < 4.78 is 28.6. The topological polar surface area (TPSA) is 66.5 Å². The molecule has 0 fully saturated rings. The molecule has 3 rings (SSSR count). The Morgan fingerprint density at radius 3 is 1.91 bits per heavy atom. The molecule has 0 heterocycles. The van der Waals surface area contributed by atoms with Crippen molar-refractivity contribution in [3.05, 3.63) is 89.0 Å². The second kappa shape index (κ2) is 10.7. The molecule has 0 aliphatic heterocycles. The molecule has 0 atom stereocenters. The number of benzene rings is 3. The van der Waals surface area contributed by atoms with Crippen molar-refractivity contribution in [2.75, 3.05) is 16.2 Å². The average molecular weight is 465 g/mol. The fourth-order valence-electron chi connectivity index (χ4n) is 3.90. The first-order chi connectivity index (χ1) is 15.8. The van der Waals surface area contributed by atoms with E-state index in [1.54, 1.807) is 36.4 Å². The summed E-state index contributed by atoms with van der Waals surface area (Å²) in [6, 6.07) is 20.0. The normalized spacial score (nSPS) is 11.3. The molecule has 1 N–H and O–H groups in total. The molecule has 3 aromatic carbocycles. The van der Waals surface area contributed by atoms with Crippen molar-refractivity contribution in [3.63, 3.8) is 0 Å². The molecule has 0 saturated carbocycles. The summed E-state index contributed by atoms with van der Waals surface area (Å²) in [5.74, 6) is -0.368. The summed E-state index contributed by atoms with van der Waals surface area (Å²) in [6.07, 6.45) is 2.19. The SMILES string of the molecule is CCc1ccccc1N(CC(=O)Nc1c(CC)cccc1CC)S(=O)(=O)c1ccc(C)cc1. The van der Waals surface area contributed by atoms with E-state index in [0.29, 0.717) is 12.1 Å². The monoisotopic (exact) mass is 464 g/mol. The summed E-state index contributed by atoms with van der Waals surface area (Å²) >= 11 is 0. The Morgan fingerprint density at radius 1 is 0.788 bits per heavy atom. The number of hydrogen-bond acceptors (Lipinski definition) is 3. The number of amides is 1. The lowest BCUT2D eigenvalue weighted by atomic mass is 10.0. The van der Waals surface area contributed by atoms with Gasteiger partial charge < -0.3 is 5.32 Å². The van der Waals surface area contributed by atoms with Gasteiger partial charge in [0.1, 0.15) is 6.54 Å². The van der Waals surface area contributed by atoms with Crippen molar-refractivity contribution in [3.8, 4) is 0 Å². The van der Waals surface area contributed by atoms with E-state index < -0.39 is 10.0 Å². The van der Waals surface area contributed by atoms with Crippen LogP contribution in [0.5, 0.6) is 0 Å². The summed E-state index contributed by atoms with van der Waals surface area (Å²) in [6.45, 7) is 7.64. The van der Waals surface area contributed by atoms with E-state index >= 15 is 0 Å². The molecular formula is C27H32N2O3S. The quantitative estimate of drug-likeness (QED) is 0.454. The van der Waals surface area contributed by atoms with E-state index in [1.807, 2.05) is 58.0 Å². The zero-order chi connectivity index (χ0) is 24.0. The second-order valence-corrected chi connectivity index (χ2v) is 9.88. The summed E-state index contributed by atoms with van der Waals surface area (Å²) in [7, 11) is -3.95. The first kappa shape index (κ1) is 24.5. The second-order valence-electron chi connectivity index (χ2n) is 8.01. The first-order valence-corrected chi connectivity index (χ1v) is 12.8. The molecule has 0 unspecified atom stereocenters. The molecule has 0 aliphatic rings. The van der Waals surface area contributed by atoms with Crippen LogP contribution in [0.2, 0.25) is 0 Å². The van der Waals surface area contributed by atoms with Crippen LogP contribution in [0, 0.1) is 6.92 Å². The van der Waals surface area contributed by atoms with E-state index in [1.165, 1.54) is 4.31 Å². The van der Waals surface area contributed by atoms with E-state index in [-0.39, 0.29) is 17.3 Å². The molecule has 33 heavy (non-hydrogen) atoms. The van der Waals surface area contributed by atoms with Gasteiger partial charge in [-0.3, -0.25) is 9.10 Å². The third-order valence-corrected chi connectivity index (χ3v) is 7.57. The van der Waals surface area contributed by atoms with Gasteiger partial charge in [0.2, 0.25) is 5.91 Å². The summed E-state index contributed by atoms with van der Waals surface area (Å²) in [5, 5.41) is 3.01. The molecule has 0 bridgehead atoms. The van der Waals surface area contributed by atoms with Crippen LogP contribution in [0.1, 0.15) is 43.0 Å². The van der Waals surface area contributed by atoms with E-state index in [9.17, 15) is 13.2 Å². The van der Waals surface area contributed by atoms with Gasteiger partial charge in [-0.15, -0.1) is 0 Å². The van der Waals surface area contributed by atoms with Crippen molar-refractivity contribution >= 4 is 27.3 Å². The van der Waals surface area contributed by atoms with Gasteiger partial charge in [0.25, 0.3) is 10.0 Å². The van der Waals surface area contributed by atoms with Crippen molar-refractivity contribution < 1.29 is 13.2 Å². The van der Waals surface area contributed by atoms with Crippen LogP contribution in [0.25, 0.3) is 0 Å². The van der Waals surface area contributed by atoms with Gasteiger partial charge in [-0.05, 0) is 61.1 Å². The zero-order valence-corrected chi connectivity index (χ0v) is 20.6. The lowest BCUT2D eigenvalue weighted by Gasteiger charge is -2.26. The maximum atomic E-state index is 13.7. The molecule has 6 heteroatoms. The number of aryl methyl sites for hydroxylation is 4. The number of anilines is 2. The highest BCUT2D eigenvalue weighted by atomic mass is 32.2. The van der Waals surface area contributed by atoms with Crippen LogP contribution in [0.4, 0.5) is 11.4 Å². The zero-order valence-electron chi connectivity index (χ0n) is 19.8. The molecule has 3 aromatic rings. The Bertz CT molecular complexity index is 1200.